The predicted molar refractivity (Wildman–Crippen MR) is 117 cm³/mol. The number of fused-ring (bicyclic) bond motifs is 1. The molecule has 0 spiro atoms. The van der Waals surface area contributed by atoms with E-state index >= 15 is 0 Å². The minimum Gasteiger partial charge on any atom is -0.455 e. The fraction of sp³-hybridized carbons (Fsp3) is 0.238. The predicted octanol–water partition coefficient (Wildman–Crippen LogP) is 4.30. The highest BCUT2D eigenvalue weighted by Crippen LogP contribution is 2.34. The van der Waals surface area contributed by atoms with Crippen LogP contribution in [0, 0.1) is 0 Å². The molecule has 0 aliphatic heterocycles. The van der Waals surface area contributed by atoms with Gasteiger partial charge in [-0.15, -0.1) is 0 Å². The van der Waals surface area contributed by atoms with Crippen molar-refractivity contribution in [1.82, 2.24) is 0 Å². The van der Waals surface area contributed by atoms with Gasteiger partial charge in [0.2, 0.25) is 15.9 Å². The highest BCUT2D eigenvalue weighted by atomic mass is 32.2. The lowest BCUT2D eigenvalue weighted by molar-refractivity contribution is 0.0632. The minimum absolute atomic E-state index is 0.0464. The molecule has 2 N–H and O–H groups in total. The van der Waals surface area contributed by atoms with Gasteiger partial charge in [-0.2, -0.15) is 0 Å². The van der Waals surface area contributed by atoms with Crippen LogP contribution in [0.25, 0.3) is 11.0 Å². The van der Waals surface area contributed by atoms with E-state index in [0.717, 1.165) is 12.3 Å². The first kappa shape index (κ1) is 22.2. The molecule has 2 aromatic carbocycles. The number of para-hydroxylation sites is 1. The summed E-state index contributed by atoms with van der Waals surface area (Å²) < 4.78 is 42.5. The van der Waals surface area contributed by atoms with Gasteiger partial charge in [0.1, 0.15) is 16.9 Å². The number of sulfonamides is 1. The number of anilines is 2. The molecule has 1 heterocycles. The maximum absolute atomic E-state index is 12.6. The number of hydrogen-bond acceptors (Lipinski definition) is 7. The van der Waals surface area contributed by atoms with Crippen LogP contribution in [0.3, 0.4) is 0 Å². The highest BCUT2D eigenvalue weighted by molar-refractivity contribution is 7.92. The second-order valence-electron chi connectivity index (χ2n) is 7.74. The molecule has 1 aromatic heterocycles. The summed E-state index contributed by atoms with van der Waals surface area (Å²) in [5, 5.41) is 2.49. The van der Waals surface area contributed by atoms with Crippen LogP contribution < -0.4 is 20.2 Å². The van der Waals surface area contributed by atoms with Crippen LogP contribution in [-0.2, 0) is 14.8 Å². The molecule has 1 amide bonds. The lowest BCUT2D eigenvalue weighted by Gasteiger charge is -2.19. The zero-order valence-corrected chi connectivity index (χ0v) is 18.2. The van der Waals surface area contributed by atoms with E-state index in [9.17, 15) is 18.0 Å². The smallest absolute Gasteiger partial charge is 0.414 e. The fourth-order valence-electron chi connectivity index (χ4n) is 2.63. The minimum atomic E-state index is -3.66. The lowest BCUT2D eigenvalue weighted by atomic mass is 10.2. The van der Waals surface area contributed by atoms with Gasteiger partial charge in [-0.05, 0) is 39.0 Å². The summed E-state index contributed by atoms with van der Waals surface area (Å²) in [5.74, 6) is 0.420. The summed E-state index contributed by atoms with van der Waals surface area (Å²) in [4.78, 5) is 24.6. The second kappa shape index (κ2) is 8.31. The van der Waals surface area contributed by atoms with Crippen LogP contribution in [-0.4, -0.2) is 26.4 Å². The summed E-state index contributed by atoms with van der Waals surface area (Å²) in [5.41, 5.74) is -1.09. The Balaban J connectivity index is 2.05. The molecule has 0 aliphatic carbocycles. The summed E-state index contributed by atoms with van der Waals surface area (Å²) in [6, 6.07) is 12.5. The zero-order chi connectivity index (χ0) is 22.8. The number of ether oxygens (including phenoxy) is 2. The van der Waals surface area contributed by atoms with Crippen LogP contribution >= 0.6 is 0 Å². The Morgan fingerprint density at radius 2 is 1.74 bits per heavy atom. The third-order valence-corrected chi connectivity index (χ3v) is 4.31. The zero-order valence-electron chi connectivity index (χ0n) is 17.4. The molecule has 164 valence electrons. The first-order valence-corrected chi connectivity index (χ1v) is 11.1. The highest BCUT2D eigenvalue weighted by Gasteiger charge is 2.19. The molecule has 0 fully saturated rings. The summed E-state index contributed by atoms with van der Waals surface area (Å²) >= 11 is 0. The Hall–Kier alpha value is -3.53. The van der Waals surface area contributed by atoms with Crippen molar-refractivity contribution < 1.29 is 27.1 Å². The molecule has 10 heteroatoms. The van der Waals surface area contributed by atoms with Crippen molar-refractivity contribution in [2.45, 2.75) is 26.4 Å². The third-order valence-electron chi connectivity index (χ3n) is 3.72. The maximum Gasteiger partial charge on any atom is 0.414 e. The van der Waals surface area contributed by atoms with Crippen molar-refractivity contribution in [1.29, 1.82) is 0 Å². The Kier molecular flexibility index (Phi) is 5.94. The van der Waals surface area contributed by atoms with Gasteiger partial charge < -0.3 is 13.9 Å². The van der Waals surface area contributed by atoms with E-state index in [4.69, 9.17) is 13.9 Å². The van der Waals surface area contributed by atoms with Crippen molar-refractivity contribution in [3.63, 3.8) is 0 Å². The standard InChI is InChI=1S/C21H22N2O7S/c1-21(2,3)30-20(25)22-19-12-16(24)14-10-18(28-13-8-6-5-7-9-13)15(11-17(14)29-19)23-31(4,26)27/h5-12,23H,1-4H3,(H,22,25). The van der Waals surface area contributed by atoms with E-state index < -0.39 is 27.1 Å². The number of carbonyl (C=O) groups excluding carboxylic acids is 1. The van der Waals surface area contributed by atoms with E-state index in [0.29, 0.717) is 5.75 Å². The van der Waals surface area contributed by atoms with Crippen LogP contribution in [0.2, 0.25) is 0 Å². The quantitative estimate of drug-likeness (QED) is 0.599. The Labute approximate surface area is 179 Å². The molecule has 9 nitrogen and oxygen atoms in total. The number of nitrogens with one attached hydrogen (secondary N) is 2. The molecule has 31 heavy (non-hydrogen) atoms. The summed E-state index contributed by atoms with van der Waals surface area (Å²) in [6.45, 7) is 5.08. The largest absolute Gasteiger partial charge is 0.455 e. The number of amides is 1. The van der Waals surface area contributed by atoms with Crippen molar-refractivity contribution in [3.8, 4) is 11.5 Å². The molecule has 0 aliphatic rings. The van der Waals surface area contributed by atoms with Crippen LogP contribution in [0.4, 0.5) is 16.4 Å². The molecule has 0 saturated heterocycles. The van der Waals surface area contributed by atoms with Gasteiger partial charge in [0.05, 0.1) is 17.3 Å². The van der Waals surface area contributed by atoms with Crippen molar-refractivity contribution in [3.05, 3.63) is 58.8 Å². The normalized spacial score (nSPS) is 11.7. The maximum atomic E-state index is 12.6. The average molecular weight is 446 g/mol. The fourth-order valence-corrected chi connectivity index (χ4v) is 3.19. The van der Waals surface area contributed by atoms with Gasteiger partial charge in [0.25, 0.3) is 0 Å². The molecule has 3 aromatic rings. The van der Waals surface area contributed by atoms with Gasteiger partial charge >= 0.3 is 6.09 Å². The van der Waals surface area contributed by atoms with E-state index in [2.05, 4.69) is 10.0 Å². The molecule has 0 saturated carbocycles. The lowest BCUT2D eigenvalue weighted by Crippen LogP contribution is -2.27. The summed E-state index contributed by atoms with van der Waals surface area (Å²) in [6.07, 6.45) is 0.189. The van der Waals surface area contributed by atoms with Gasteiger partial charge in [0.15, 0.2) is 11.2 Å². The monoisotopic (exact) mass is 446 g/mol. The SMILES string of the molecule is CC(C)(C)OC(=O)Nc1cc(=O)c2cc(Oc3ccccc3)c(NS(C)(=O)=O)cc2o1. The van der Waals surface area contributed by atoms with Gasteiger partial charge in [-0.1, -0.05) is 18.2 Å². The Bertz CT molecular complexity index is 1280. The van der Waals surface area contributed by atoms with Gasteiger partial charge in [0, 0.05) is 12.1 Å². The Morgan fingerprint density at radius 3 is 2.35 bits per heavy atom. The number of benzene rings is 2. The molecule has 3 rings (SSSR count). The second-order valence-corrected chi connectivity index (χ2v) is 9.48. The van der Waals surface area contributed by atoms with Crippen LogP contribution in [0.5, 0.6) is 11.5 Å². The van der Waals surface area contributed by atoms with E-state index in [1.54, 1.807) is 51.1 Å². The molecular formula is C21H22N2O7S. The van der Waals surface area contributed by atoms with E-state index in [1.807, 2.05) is 0 Å². The van der Waals surface area contributed by atoms with Crippen molar-refractivity contribution >= 4 is 38.7 Å². The van der Waals surface area contributed by atoms with Crippen LogP contribution in [0.15, 0.2) is 57.7 Å². The van der Waals surface area contributed by atoms with Crippen molar-refractivity contribution in [2.24, 2.45) is 0 Å². The number of hydrogen-bond donors (Lipinski definition) is 2. The summed E-state index contributed by atoms with van der Waals surface area (Å²) in [7, 11) is -3.66. The van der Waals surface area contributed by atoms with E-state index in [1.165, 1.54) is 12.1 Å². The molecule has 0 atom stereocenters. The average Bonchev–Trinajstić information content (AvgIpc) is 2.60. The van der Waals surface area contributed by atoms with Gasteiger partial charge in [-0.25, -0.2) is 13.2 Å². The van der Waals surface area contributed by atoms with Gasteiger partial charge in [-0.3, -0.25) is 14.8 Å². The number of rotatable bonds is 5. The van der Waals surface area contributed by atoms with Crippen LogP contribution in [0.1, 0.15) is 20.8 Å². The molecule has 0 unspecified atom stereocenters. The third kappa shape index (κ3) is 6.22. The van der Waals surface area contributed by atoms with Crippen molar-refractivity contribution in [2.75, 3.05) is 16.3 Å². The molecule has 0 bridgehead atoms. The molecule has 0 radical (unpaired) electrons. The number of carbonyl (C=O) groups is 1. The first-order valence-electron chi connectivity index (χ1n) is 9.22. The Morgan fingerprint density at radius 1 is 1.06 bits per heavy atom. The first-order chi connectivity index (χ1) is 14.4. The van der Waals surface area contributed by atoms with E-state index in [-0.39, 0.29) is 28.3 Å². The molecular weight excluding hydrogens is 424 g/mol. The topological polar surface area (TPSA) is 124 Å².